The van der Waals surface area contributed by atoms with Crippen molar-refractivity contribution < 1.29 is 4.42 Å². The summed E-state index contributed by atoms with van der Waals surface area (Å²) >= 11 is 0. The summed E-state index contributed by atoms with van der Waals surface area (Å²) in [5, 5.41) is 3.95. The van der Waals surface area contributed by atoms with E-state index in [4.69, 9.17) is 4.42 Å². The molecule has 0 amide bonds. The summed E-state index contributed by atoms with van der Waals surface area (Å²) in [6.45, 7) is 1.97. The molecule has 0 fully saturated rings. The molecule has 1 aliphatic carbocycles. The summed E-state index contributed by atoms with van der Waals surface area (Å²) in [6.07, 6.45) is 8.53. The second kappa shape index (κ2) is 7.96. The summed E-state index contributed by atoms with van der Waals surface area (Å²) in [5.41, 5.74) is 7.81. The average Bonchev–Trinajstić information content (AvgIpc) is 3.47. The molecule has 4 aromatic carbocycles. The third-order valence-corrected chi connectivity index (χ3v) is 8.46. The maximum Gasteiger partial charge on any atom is 0.343 e. The number of aromatic nitrogens is 1. The number of allylic oxidation sites excluding steroid dienone is 1. The van der Waals surface area contributed by atoms with E-state index in [0.29, 0.717) is 17.3 Å². The van der Waals surface area contributed by atoms with E-state index in [9.17, 15) is 4.79 Å². The van der Waals surface area contributed by atoms with Crippen LogP contribution in [0.5, 0.6) is 0 Å². The van der Waals surface area contributed by atoms with E-state index in [0.717, 1.165) is 40.5 Å². The Bertz CT molecular complexity index is 1990. The van der Waals surface area contributed by atoms with Crippen LogP contribution in [0.15, 0.2) is 113 Å². The number of para-hydroxylation sites is 2. The molecule has 8 rings (SSSR count). The summed E-state index contributed by atoms with van der Waals surface area (Å²) in [4.78, 5) is 15.2. The normalized spacial score (nSPS) is 18.4. The van der Waals surface area contributed by atoms with E-state index in [1.54, 1.807) is 0 Å². The van der Waals surface area contributed by atoms with E-state index in [1.165, 1.54) is 34.0 Å². The van der Waals surface area contributed by atoms with Gasteiger partial charge in [0.05, 0.1) is 22.7 Å². The highest BCUT2D eigenvalue weighted by atomic mass is 16.4. The van der Waals surface area contributed by atoms with Gasteiger partial charge in [-0.1, -0.05) is 54.6 Å². The van der Waals surface area contributed by atoms with Crippen molar-refractivity contribution in [2.75, 3.05) is 4.90 Å². The standard InChI is InChI=1S/C34H26N2O2/c1-21-20-38-34(37)29-19-22(14-16-24(21)29)36-32-13-7-4-10-27(32)28-18-23(15-17-33(28)36)35-30-11-5-2-8-25(30)26-9-3-6-12-31(26)35/h2-5,7-11,13-20,26,31H,6,12H2,1H3. The fourth-order valence-corrected chi connectivity index (χ4v) is 6.76. The first-order valence-corrected chi connectivity index (χ1v) is 13.3. The van der Waals surface area contributed by atoms with Crippen molar-refractivity contribution in [1.82, 2.24) is 4.57 Å². The average molecular weight is 495 g/mol. The molecule has 184 valence electrons. The molecule has 0 bridgehead atoms. The summed E-state index contributed by atoms with van der Waals surface area (Å²) < 4.78 is 7.55. The molecule has 2 atom stereocenters. The van der Waals surface area contributed by atoms with Crippen LogP contribution in [0.25, 0.3) is 38.3 Å². The quantitative estimate of drug-likeness (QED) is 0.228. The predicted molar refractivity (Wildman–Crippen MR) is 155 cm³/mol. The second-order valence-corrected chi connectivity index (χ2v) is 10.5. The van der Waals surface area contributed by atoms with Crippen molar-refractivity contribution in [3.63, 3.8) is 0 Å². The van der Waals surface area contributed by atoms with Gasteiger partial charge in [0.15, 0.2) is 0 Å². The SMILES string of the molecule is Cc1coc(=O)c2cc(-n3c4ccccc4c4cc(N5c6ccccc6C6C=CCCC65)ccc43)ccc12. The molecule has 0 radical (unpaired) electrons. The van der Waals surface area contributed by atoms with Gasteiger partial charge in [-0.25, -0.2) is 4.79 Å². The smallest absolute Gasteiger partial charge is 0.343 e. The highest BCUT2D eigenvalue weighted by Crippen LogP contribution is 2.49. The number of rotatable bonds is 2. The van der Waals surface area contributed by atoms with Crippen molar-refractivity contribution in [3.05, 3.63) is 125 Å². The molecule has 38 heavy (non-hydrogen) atoms. The lowest BCUT2D eigenvalue weighted by molar-refractivity contribution is 0.516. The van der Waals surface area contributed by atoms with Gasteiger partial charge in [0.2, 0.25) is 0 Å². The van der Waals surface area contributed by atoms with Gasteiger partial charge in [-0.3, -0.25) is 0 Å². The molecule has 6 aromatic rings. The van der Waals surface area contributed by atoms with Gasteiger partial charge in [0.25, 0.3) is 0 Å². The van der Waals surface area contributed by atoms with Crippen LogP contribution in [-0.4, -0.2) is 10.6 Å². The minimum Gasteiger partial charge on any atom is -0.431 e. The Hall–Kier alpha value is -4.57. The molecule has 4 nitrogen and oxygen atoms in total. The molecule has 4 heteroatoms. The van der Waals surface area contributed by atoms with E-state index in [-0.39, 0.29) is 5.63 Å². The van der Waals surface area contributed by atoms with E-state index in [2.05, 4.69) is 94.4 Å². The molecule has 0 N–H and O–H groups in total. The molecule has 3 heterocycles. The molecule has 0 saturated carbocycles. The first-order valence-electron chi connectivity index (χ1n) is 13.3. The number of hydrogen-bond acceptors (Lipinski definition) is 3. The number of aryl methyl sites for hydroxylation is 1. The van der Waals surface area contributed by atoms with Crippen LogP contribution in [0.1, 0.15) is 29.9 Å². The summed E-state index contributed by atoms with van der Waals surface area (Å²) in [5.74, 6) is 0.435. The van der Waals surface area contributed by atoms with Crippen molar-refractivity contribution in [2.24, 2.45) is 0 Å². The lowest BCUT2D eigenvalue weighted by Gasteiger charge is -2.31. The lowest BCUT2D eigenvalue weighted by Crippen LogP contribution is -2.30. The highest BCUT2D eigenvalue weighted by molar-refractivity contribution is 6.10. The Morgan fingerprint density at radius 2 is 1.58 bits per heavy atom. The van der Waals surface area contributed by atoms with Gasteiger partial charge >= 0.3 is 5.63 Å². The zero-order valence-corrected chi connectivity index (χ0v) is 21.1. The maximum absolute atomic E-state index is 12.6. The fraction of sp³-hybridized carbons (Fsp3) is 0.147. The topological polar surface area (TPSA) is 38.4 Å². The number of fused-ring (bicyclic) bond motifs is 7. The van der Waals surface area contributed by atoms with Crippen LogP contribution in [0, 0.1) is 6.92 Å². The van der Waals surface area contributed by atoms with Gasteiger partial charge in [-0.15, -0.1) is 0 Å². The molecule has 2 aromatic heterocycles. The van der Waals surface area contributed by atoms with Crippen molar-refractivity contribution >= 4 is 44.0 Å². The Kier molecular flexibility index (Phi) is 4.51. The second-order valence-electron chi connectivity index (χ2n) is 10.5. The van der Waals surface area contributed by atoms with Crippen molar-refractivity contribution in [2.45, 2.75) is 31.7 Å². The van der Waals surface area contributed by atoms with Crippen LogP contribution in [0.2, 0.25) is 0 Å². The van der Waals surface area contributed by atoms with Gasteiger partial charge in [-0.05, 0) is 78.7 Å². The van der Waals surface area contributed by atoms with Crippen LogP contribution in [0.4, 0.5) is 11.4 Å². The molecule has 2 aliphatic rings. The molecule has 2 unspecified atom stereocenters. The first-order chi connectivity index (χ1) is 18.7. The highest BCUT2D eigenvalue weighted by Gasteiger charge is 2.38. The monoisotopic (exact) mass is 494 g/mol. The Balaban J connectivity index is 1.36. The van der Waals surface area contributed by atoms with Gasteiger partial charge in [0, 0.05) is 39.8 Å². The van der Waals surface area contributed by atoms with Gasteiger partial charge in [-0.2, -0.15) is 0 Å². The van der Waals surface area contributed by atoms with Crippen LogP contribution < -0.4 is 10.5 Å². The maximum atomic E-state index is 12.6. The Labute approximate surface area is 220 Å². The molecular weight excluding hydrogens is 468 g/mol. The Morgan fingerprint density at radius 3 is 2.53 bits per heavy atom. The van der Waals surface area contributed by atoms with Gasteiger partial charge < -0.3 is 13.9 Å². The Morgan fingerprint density at radius 1 is 0.789 bits per heavy atom. The third kappa shape index (κ3) is 2.94. The van der Waals surface area contributed by atoms with E-state index >= 15 is 0 Å². The minimum absolute atomic E-state index is 0.306. The van der Waals surface area contributed by atoms with Crippen LogP contribution in [-0.2, 0) is 0 Å². The van der Waals surface area contributed by atoms with E-state index in [1.807, 2.05) is 19.1 Å². The largest absolute Gasteiger partial charge is 0.431 e. The minimum atomic E-state index is -0.306. The fourth-order valence-electron chi connectivity index (χ4n) is 6.76. The summed E-state index contributed by atoms with van der Waals surface area (Å²) in [7, 11) is 0. The third-order valence-electron chi connectivity index (χ3n) is 8.46. The predicted octanol–water partition coefficient (Wildman–Crippen LogP) is 8.15. The van der Waals surface area contributed by atoms with Crippen LogP contribution >= 0.6 is 0 Å². The zero-order valence-electron chi connectivity index (χ0n) is 21.1. The zero-order chi connectivity index (χ0) is 25.4. The van der Waals surface area contributed by atoms with Crippen molar-refractivity contribution in [3.8, 4) is 5.69 Å². The van der Waals surface area contributed by atoms with Crippen molar-refractivity contribution in [1.29, 1.82) is 0 Å². The lowest BCUT2D eigenvalue weighted by atomic mass is 9.87. The number of hydrogen-bond donors (Lipinski definition) is 0. The van der Waals surface area contributed by atoms with Gasteiger partial charge in [0.1, 0.15) is 0 Å². The molecule has 0 saturated heterocycles. The number of nitrogens with zero attached hydrogens (tertiary/aromatic N) is 2. The number of anilines is 2. The molecular formula is C34H26N2O2. The molecule has 0 spiro atoms. The van der Waals surface area contributed by atoms with Crippen LogP contribution in [0.3, 0.4) is 0 Å². The first kappa shape index (κ1) is 21.5. The molecule has 1 aliphatic heterocycles. The van der Waals surface area contributed by atoms with E-state index < -0.39 is 0 Å². The summed E-state index contributed by atoms with van der Waals surface area (Å²) in [6, 6.07) is 30.8. The number of benzene rings is 4.